The van der Waals surface area contributed by atoms with Gasteiger partial charge in [0.05, 0.1) is 6.54 Å². The fourth-order valence-corrected chi connectivity index (χ4v) is 1.19. The Hall–Kier alpha value is -2.11. The molecule has 0 saturated carbocycles. The van der Waals surface area contributed by atoms with Crippen LogP contribution in [0.15, 0.2) is 18.3 Å². The summed E-state index contributed by atoms with van der Waals surface area (Å²) in [5.74, 6) is -0.982. The van der Waals surface area contributed by atoms with Gasteiger partial charge in [-0.25, -0.2) is 9.78 Å². The van der Waals surface area contributed by atoms with Gasteiger partial charge in [0.25, 0.3) is 0 Å². The van der Waals surface area contributed by atoms with Crippen molar-refractivity contribution in [2.75, 3.05) is 25.5 Å². The Balaban J connectivity index is 2.69. The molecule has 1 aromatic heterocycles. The van der Waals surface area contributed by atoms with E-state index in [4.69, 9.17) is 5.11 Å². The molecule has 0 aliphatic rings. The minimum Gasteiger partial charge on any atom is -0.478 e. The van der Waals surface area contributed by atoms with E-state index in [2.05, 4.69) is 10.3 Å². The van der Waals surface area contributed by atoms with Gasteiger partial charge in [0.2, 0.25) is 5.91 Å². The van der Waals surface area contributed by atoms with E-state index in [0.717, 1.165) is 0 Å². The lowest BCUT2D eigenvalue weighted by Gasteiger charge is -2.15. The molecule has 0 aliphatic heterocycles. The monoisotopic (exact) mass is 237 g/mol. The second kappa shape index (κ2) is 5.83. The van der Waals surface area contributed by atoms with Crippen molar-refractivity contribution in [3.63, 3.8) is 0 Å². The van der Waals surface area contributed by atoms with Crippen LogP contribution >= 0.6 is 0 Å². The summed E-state index contributed by atoms with van der Waals surface area (Å²) in [5.41, 5.74) is 0.0550. The second-order valence-corrected chi connectivity index (χ2v) is 3.47. The number of anilines is 1. The first-order chi connectivity index (χ1) is 8.06. The quantitative estimate of drug-likeness (QED) is 0.786. The fraction of sp³-hybridized carbons (Fsp3) is 0.364. The number of carbonyl (C=O) groups is 2. The molecule has 6 nitrogen and oxygen atoms in total. The third-order valence-electron chi connectivity index (χ3n) is 2.35. The predicted octanol–water partition coefficient (Wildman–Crippen LogP) is 0.670. The molecule has 2 N–H and O–H groups in total. The van der Waals surface area contributed by atoms with E-state index in [-0.39, 0.29) is 23.8 Å². The molecule has 1 aromatic rings. The van der Waals surface area contributed by atoms with Crippen LogP contribution in [0.25, 0.3) is 0 Å². The number of hydrogen-bond acceptors (Lipinski definition) is 4. The summed E-state index contributed by atoms with van der Waals surface area (Å²) >= 11 is 0. The lowest BCUT2D eigenvalue weighted by atomic mass is 10.2. The summed E-state index contributed by atoms with van der Waals surface area (Å²) in [6, 6.07) is 2.97. The zero-order valence-corrected chi connectivity index (χ0v) is 9.80. The van der Waals surface area contributed by atoms with Crippen molar-refractivity contribution in [3.8, 4) is 0 Å². The smallest absolute Gasteiger partial charge is 0.339 e. The lowest BCUT2D eigenvalue weighted by Crippen LogP contribution is -2.32. The van der Waals surface area contributed by atoms with Crippen molar-refractivity contribution in [2.45, 2.75) is 6.92 Å². The summed E-state index contributed by atoms with van der Waals surface area (Å²) in [5, 5.41) is 11.6. The van der Waals surface area contributed by atoms with Crippen LogP contribution in [0.1, 0.15) is 17.3 Å². The van der Waals surface area contributed by atoms with E-state index in [1.807, 2.05) is 6.92 Å². The summed E-state index contributed by atoms with van der Waals surface area (Å²) in [7, 11) is 1.68. The van der Waals surface area contributed by atoms with Crippen molar-refractivity contribution < 1.29 is 14.7 Å². The van der Waals surface area contributed by atoms with E-state index in [1.54, 1.807) is 7.05 Å². The van der Waals surface area contributed by atoms with Crippen molar-refractivity contribution in [3.05, 3.63) is 23.9 Å². The molecule has 1 rings (SSSR count). The third-order valence-corrected chi connectivity index (χ3v) is 2.35. The van der Waals surface area contributed by atoms with E-state index in [9.17, 15) is 9.59 Å². The predicted molar refractivity (Wildman–Crippen MR) is 63.0 cm³/mol. The van der Waals surface area contributed by atoms with Gasteiger partial charge >= 0.3 is 5.97 Å². The van der Waals surface area contributed by atoms with Crippen LogP contribution in [0.2, 0.25) is 0 Å². The molecule has 0 radical (unpaired) electrons. The summed E-state index contributed by atoms with van der Waals surface area (Å²) in [6.07, 6.45) is 1.47. The highest BCUT2D eigenvalue weighted by molar-refractivity contribution is 5.93. The third kappa shape index (κ3) is 3.44. The van der Waals surface area contributed by atoms with Crippen molar-refractivity contribution in [2.24, 2.45) is 0 Å². The van der Waals surface area contributed by atoms with Crippen LogP contribution in [0.3, 0.4) is 0 Å². The molecule has 6 heteroatoms. The molecule has 0 saturated heterocycles. The zero-order valence-electron chi connectivity index (χ0n) is 9.80. The van der Waals surface area contributed by atoms with Gasteiger partial charge in [-0.05, 0) is 19.1 Å². The highest BCUT2D eigenvalue weighted by Gasteiger charge is 2.12. The van der Waals surface area contributed by atoms with Crippen molar-refractivity contribution >= 4 is 17.7 Å². The highest BCUT2D eigenvalue weighted by Crippen LogP contribution is 2.10. The Morgan fingerprint density at radius 2 is 2.24 bits per heavy atom. The fourth-order valence-electron chi connectivity index (χ4n) is 1.19. The van der Waals surface area contributed by atoms with Gasteiger partial charge < -0.3 is 15.3 Å². The Morgan fingerprint density at radius 3 is 2.82 bits per heavy atom. The topological polar surface area (TPSA) is 82.5 Å². The molecule has 1 heterocycles. The van der Waals surface area contributed by atoms with E-state index >= 15 is 0 Å². The molecule has 0 bridgehead atoms. The Kier molecular flexibility index (Phi) is 4.45. The maximum Gasteiger partial charge on any atom is 0.339 e. The van der Waals surface area contributed by atoms with E-state index < -0.39 is 5.97 Å². The number of likely N-dealkylation sites (N-methyl/N-ethyl adjacent to an activating group) is 1. The van der Waals surface area contributed by atoms with Gasteiger partial charge in [0.15, 0.2) is 0 Å². The molecule has 17 heavy (non-hydrogen) atoms. The number of amides is 1. The molecule has 0 aromatic carbocycles. The van der Waals surface area contributed by atoms with Crippen LogP contribution < -0.4 is 5.32 Å². The van der Waals surface area contributed by atoms with Gasteiger partial charge in [0, 0.05) is 19.8 Å². The van der Waals surface area contributed by atoms with Crippen LogP contribution in [0, 0.1) is 0 Å². The molecular weight excluding hydrogens is 222 g/mol. The summed E-state index contributed by atoms with van der Waals surface area (Å²) < 4.78 is 0. The number of aromatic nitrogens is 1. The standard InChI is InChI=1S/C11H15N3O3/c1-3-14(2)9(15)7-13-10-8(11(16)17)5-4-6-12-10/h4-6H,3,7H2,1-2H3,(H,12,13)(H,16,17). The number of hydrogen-bond donors (Lipinski definition) is 2. The van der Waals surface area contributed by atoms with Crippen LogP contribution in [-0.4, -0.2) is 47.0 Å². The average molecular weight is 237 g/mol. The largest absolute Gasteiger partial charge is 0.478 e. The molecule has 0 atom stereocenters. The zero-order chi connectivity index (χ0) is 12.8. The number of pyridine rings is 1. The summed E-state index contributed by atoms with van der Waals surface area (Å²) in [4.78, 5) is 27.8. The van der Waals surface area contributed by atoms with E-state index in [1.165, 1.54) is 23.2 Å². The molecule has 0 aliphatic carbocycles. The van der Waals surface area contributed by atoms with Crippen LogP contribution in [0.5, 0.6) is 0 Å². The van der Waals surface area contributed by atoms with Crippen LogP contribution in [-0.2, 0) is 4.79 Å². The Morgan fingerprint density at radius 1 is 1.53 bits per heavy atom. The van der Waals surface area contributed by atoms with Gasteiger partial charge in [-0.1, -0.05) is 0 Å². The highest BCUT2D eigenvalue weighted by atomic mass is 16.4. The molecule has 92 valence electrons. The second-order valence-electron chi connectivity index (χ2n) is 3.47. The van der Waals surface area contributed by atoms with Gasteiger partial charge in [-0.2, -0.15) is 0 Å². The van der Waals surface area contributed by atoms with Crippen LogP contribution in [0.4, 0.5) is 5.82 Å². The SMILES string of the molecule is CCN(C)C(=O)CNc1ncccc1C(=O)O. The molecular formula is C11H15N3O3. The Bertz CT molecular complexity index is 420. The minimum absolute atomic E-state index is 0.0294. The minimum atomic E-state index is -1.07. The molecule has 0 fully saturated rings. The average Bonchev–Trinajstić information content (AvgIpc) is 2.35. The number of carboxylic acids is 1. The number of carboxylic acid groups (broad SMARTS) is 1. The van der Waals surface area contributed by atoms with Gasteiger partial charge in [-0.3, -0.25) is 4.79 Å². The van der Waals surface area contributed by atoms with E-state index in [0.29, 0.717) is 6.54 Å². The maximum atomic E-state index is 11.5. The first kappa shape index (κ1) is 13.0. The molecule has 0 spiro atoms. The van der Waals surface area contributed by atoms with Crippen molar-refractivity contribution in [1.29, 1.82) is 0 Å². The first-order valence-electron chi connectivity index (χ1n) is 5.22. The number of carbonyl (C=O) groups excluding carboxylic acids is 1. The molecule has 1 amide bonds. The summed E-state index contributed by atoms with van der Waals surface area (Å²) in [6.45, 7) is 2.50. The Labute approximate surface area is 99.3 Å². The number of aromatic carboxylic acids is 1. The number of nitrogens with zero attached hydrogens (tertiary/aromatic N) is 2. The molecule has 0 unspecified atom stereocenters. The first-order valence-corrected chi connectivity index (χ1v) is 5.22. The van der Waals surface area contributed by atoms with Gasteiger partial charge in [0.1, 0.15) is 11.4 Å². The van der Waals surface area contributed by atoms with Crippen molar-refractivity contribution in [1.82, 2.24) is 9.88 Å². The normalized spacial score (nSPS) is 9.76. The lowest BCUT2D eigenvalue weighted by molar-refractivity contribution is -0.127. The number of rotatable bonds is 5. The number of nitrogens with one attached hydrogen (secondary N) is 1. The maximum absolute atomic E-state index is 11.5. The van der Waals surface area contributed by atoms with Gasteiger partial charge in [-0.15, -0.1) is 0 Å².